The largest absolute Gasteiger partial charge is 0.364 e. The molecule has 2 aromatic rings. The molecule has 2 rings (SSSR count). The molecule has 15 heavy (non-hydrogen) atoms. The second-order valence-corrected chi connectivity index (χ2v) is 3.64. The summed E-state index contributed by atoms with van der Waals surface area (Å²) in [6.45, 7) is 3.77. The lowest BCUT2D eigenvalue weighted by Gasteiger charge is -2.02. The van der Waals surface area contributed by atoms with Crippen LogP contribution in [-0.2, 0) is 12.8 Å². The van der Waals surface area contributed by atoms with E-state index < -0.39 is 0 Å². The average Bonchev–Trinajstić information content (AvgIpc) is 2.68. The summed E-state index contributed by atoms with van der Waals surface area (Å²) >= 11 is 0. The minimum Gasteiger partial charge on any atom is -0.364 e. The number of aromatic amines is 1. The fraction of sp³-hybridized carbons (Fsp3) is 0.143. The molecular weight excluding hydrogens is 182 g/mol. The highest BCUT2D eigenvalue weighted by atomic mass is 14.7. The standard InChI is InChI=1S/C14H15N/c1-2-6-13-9-10-15-14(13)11-12-7-4-3-5-8-12/h2-5,7-10,15H,1,6,11H2. The van der Waals surface area contributed by atoms with Crippen molar-refractivity contribution in [3.05, 3.63) is 72.1 Å². The smallest absolute Gasteiger partial charge is 0.0227 e. The minimum absolute atomic E-state index is 0.936. The van der Waals surface area contributed by atoms with Crippen molar-refractivity contribution < 1.29 is 0 Å². The Bertz CT molecular complexity index is 426. The van der Waals surface area contributed by atoms with Gasteiger partial charge in [0.2, 0.25) is 0 Å². The molecule has 1 N–H and O–H groups in total. The van der Waals surface area contributed by atoms with Gasteiger partial charge in [0.25, 0.3) is 0 Å². The Morgan fingerprint density at radius 3 is 2.67 bits per heavy atom. The van der Waals surface area contributed by atoms with Crippen LogP contribution < -0.4 is 0 Å². The molecule has 1 heteroatoms. The van der Waals surface area contributed by atoms with Crippen LogP contribution in [0.25, 0.3) is 0 Å². The topological polar surface area (TPSA) is 15.8 Å². The summed E-state index contributed by atoms with van der Waals surface area (Å²) in [6, 6.07) is 12.6. The van der Waals surface area contributed by atoms with Crippen LogP contribution in [0.4, 0.5) is 0 Å². The van der Waals surface area contributed by atoms with Gasteiger partial charge in [-0.15, -0.1) is 6.58 Å². The highest BCUT2D eigenvalue weighted by Gasteiger charge is 2.02. The highest BCUT2D eigenvalue weighted by molar-refractivity contribution is 5.29. The predicted octanol–water partition coefficient (Wildman–Crippen LogP) is 3.33. The summed E-state index contributed by atoms with van der Waals surface area (Å²) in [5.74, 6) is 0. The second-order valence-electron chi connectivity index (χ2n) is 3.64. The van der Waals surface area contributed by atoms with Crippen molar-refractivity contribution in [3.8, 4) is 0 Å². The van der Waals surface area contributed by atoms with Gasteiger partial charge < -0.3 is 4.98 Å². The molecule has 0 unspecified atom stereocenters. The molecule has 0 saturated heterocycles. The van der Waals surface area contributed by atoms with E-state index in [1.54, 1.807) is 0 Å². The molecule has 1 aromatic carbocycles. The molecule has 1 heterocycles. The van der Waals surface area contributed by atoms with Crippen LogP contribution in [0.1, 0.15) is 16.8 Å². The van der Waals surface area contributed by atoms with E-state index in [4.69, 9.17) is 0 Å². The van der Waals surface area contributed by atoms with Gasteiger partial charge in [-0.3, -0.25) is 0 Å². The lowest BCUT2D eigenvalue weighted by Crippen LogP contribution is -1.92. The number of benzene rings is 1. The molecule has 0 radical (unpaired) electrons. The van der Waals surface area contributed by atoms with E-state index in [1.807, 2.05) is 18.3 Å². The maximum Gasteiger partial charge on any atom is 0.0227 e. The van der Waals surface area contributed by atoms with Crippen molar-refractivity contribution >= 4 is 0 Å². The maximum absolute atomic E-state index is 3.77. The van der Waals surface area contributed by atoms with E-state index in [2.05, 4.69) is 41.9 Å². The molecule has 0 spiro atoms. The van der Waals surface area contributed by atoms with Gasteiger partial charge >= 0.3 is 0 Å². The number of aromatic nitrogens is 1. The average molecular weight is 197 g/mol. The zero-order valence-electron chi connectivity index (χ0n) is 8.74. The molecule has 0 fully saturated rings. The quantitative estimate of drug-likeness (QED) is 0.724. The third kappa shape index (κ3) is 2.38. The molecule has 0 bridgehead atoms. The molecule has 0 saturated carbocycles. The molecule has 0 aliphatic rings. The first-order valence-corrected chi connectivity index (χ1v) is 5.20. The van der Waals surface area contributed by atoms with Gasteiger partial charge in [0.1, 0.15) is 0 Å². The van der Waals surface area contributed by atoms with Crippen molar-refractivity contribution in [2.24, 2.45) is 0 Å². The zero-order chi connectivity index (χ0) is 10.5. The number of allylic oxidation sites excluding steroid dienone is 1. The Hall–Kier alpha value is -1.76. The first kappa shape index (κ1) is 9.78. The fourth-order valence-electron chi connectivity index (χ4n) is 1.75. The Morgan fingerprint density at radius 2 is 1.93 bits per heavy atom. The van der Waals surface area contributed by atoms with Crippen molar-refractivity contribution in [1.29, 1.82) is 0 Å². The van der Waals surface area contributed by atoms with Crippen molar-refractivity contribution in [1.82, 2.24) is 4.98 Å². The van der Waals surface area contributed by atoms with Gasteiger partial charge in [-0.2, -0.15) is 0 Å². The SMILES string of the molecule is C=CCc1cc[nH]c1Cc1ccccc1. The highest BCUT2D eigenvalue weighted by Crippen LogP contribution is 2.13. The van der Waals surface area contributed by atoms with Crippen molar-refractivity contribution in [2.75, 3.05) is 0 Å². The molecule has 1 aromatic heterocycles. The van der Waals surface area contributed by atoms with Gasteiger partial charge in [-0.05, 0) is 23.6 Å². The molecular formula is C14H15N. The van der Waals surface area contributed by atoms with Crippen LogP contribution in [0.3, 0.4) is 0 Å². The van der Waals surface area contributed by atoms with Crippen LogP contribution in [0.15, 0.2) is 55.3 Å². The zero-order valence-corrected chi connectivity index (χ0v) is 8.74. The summed E-state index contributed by atoms with van der Waals surface area (Å²) in [7, 11) is 0. The van der Waals surface area contributed by atoms with E-state index in [9.17, 15) is 0 Å². The number of hydrogen-bond acceptors (Lipinski definition) is 0. The van der Waals surface area contributed by atoms with Crippen molar-refractivity contribution in [3.63, 3.8) is 0 Å². The first-order chi connectivity index (χ1) is 7.40. The van der Waals surface area contributed by atoms with E-state index in [1.165, 1.54) is 16.8 Å². The monoisotopic (exact) mass is 197 g/mol. The molecule has 0 aliphatic carbocycles. The van der Waals surface area contributed by atoms with Gasteiger partial charge in [0.15, 0.2) is 0 Å². The second kappa shape index (κ2) is 4.65. The molecule has 0 amide bonds. The van der Waals surface area contributed by atoms with Crippen LogP contribution >= 0.6 is 0 Å². The number of rotatable bonds is 4. The van der Waals surface area contributed by atoms with E-state index in [0.717, 1.165) is 12.8 Å². The number of H-pyrrole nitrogens is 1. The van der Waals surface area contributed by atoms with E-state index in [0.29, 0.717) is 0 Å². The Morgan fingerprint density at radius 1 is 1.13 bits per heavy atom. The van der Waals surface area contributed by atoms with Gasteiger partial charge in [-0.1, -0.05) is 36.4 Å². The van der Waals surface area contributed by atoms with Crippen molar-refractivity contribution in [2.45, 2.75) is 12.8 Å². The summed E-state index contributed by atoms with van der Waals surface area (Å²) < 4.78 is 0. The Labute approximate surface area is 90.5 Å². The molecule has 76 valence electrons. The summed E-state index contributed by atoms with van der Waals surface area (Å²) in [5.41, 5.74) is 3.97. The number of hydrogen-bond donors (Lipinski definition) is 1. The van der Waals surface area contributed by atoms with E-state index in [-0.39, 0.29) is 0 Å². The number of nitrogens with one attached hydrogen (secondary N) is 1. The minimum atomic E-state index is 0.936. The van der Waals surface area contributed by atoms with E-state index >= 15 is 0 Å². The summed E-state index contributed by atoms with van der Waals surface area (Å²) in [6.07, 6.45) is 5.84. The van der Waals surface area contributed by atoms with Gasteiger partial charge in [-0.25, -0.2) is 0 Å². The van der Waals surface area contributed by atoms with Crippen LogP contribution in [0, 0.1) is 0 Å². The lowest BCUT2D eigenvalue weighted by atomic mass is 10.1. The Balaban J connectivity index is 2.17. The Kier molecular flexibility index (Phi) is 3.03. The summed E-state index contributed by atoms with van der Waals surface area (Å²) in [5, 5.41) is 0. The molecule has 0 atom stereocenters. The molecule has 0 aliphatic heterocycles. The van der Waals surface area contributed by atoms with Gasteiger partial charge in [0.05, 0.1) is 0 Å². The molecule has 1 nitrogen and oxygen atoms in total. The van der Waals surface area contributed by atoms with Crippen LogP contribution in [-0.4, -0.2) is 4.98 Å². The maximum atomic E-state index is 3.77. The normalized spacial score (nSPS) is 10.1. The van der Waals surface area contributed by atoms with Crippen LogP contribution in [0.5, 0.6) is 0 Å². The first-order valence-electron chi connectivity index (χ1n) is 5.20. The third-order valence-electron chi connectivity index (χ3n) is 2.52. The van der Waals surface area contributed by atoms with Crippen LogP contribution in [0.2, 0.25) is 0 Å². The third-order valence-corrected chi connectivity index (χ3v) is 2.52. The summed E-state index contributed by atoms with van der Waals surface area (Å²) in [4.78, 5) is 3.29. The fourth-order valence-corrected chi connectivity index (χ4v) is 1.75. The lowest BCUT2D eigenvalue weighted by molar-refractivity contribution is 1.06. The predicted molar refractivity (Wildman–Crippen MR) is 63.9 cm³/mol. The van der Waals surface area contributed by atoms with Gasteiger partial charge in [0, 0.05) is 18.3 Å².